The van der Waals surface area contributed by atoms with Crippen LogP contribution in [0.1, 0.15) is 20.3 Å². The second kappa shape index (κ2) is 4.96. The van der Waals surface area contributed by atoms with Gasteiger partial charge in [0.05, 0.1) is 5.39 Å². The first kappa shape index (κ1) is 12.7. The first-order chi connectivity index (χ1) is 9.17. The molecule has 1 fully saturated rings. The van der Waals surface area contributed by atoms with Crippen LogP contribution in [-0.4, -0.2) is 30.1 Å². The zero-order valence-electron chi connectivity index (χ0n) is 11.7. The van der Waals surface area contributed by atoms with Gasteiger partial charge in [-0.3, -0.25) is 0 Å². The number of anilines is 2. The Bertz CT molecular complexity index is 570. The molecule has 102 valence electrons. The minimum atomic E-state index is 0.718. The van der Waals surface area contributed by atoms with Crippen molar-refractivity contribution in [1.29, 1.82) is 0 Å². The van der Waals surface area contributed by atoms with E-state index in [1.54, 1.807) is 11.3 Å². The van der Waals surface area contributed by atoms with Gasteiger partial charge in [-0.1, -0.05) is 13.8 Å². The first-order valence-electron chi connectivity index (χ1n) is 6.85. The van der Waals surface area contributed by atoms with E-state index >= 15 is 0 Å². The highest BCUT2D eigenvalue weighted by molar-refractivity contribution is 7.16. The molecule has 3 heterocycles. The lowest BCUT2D eigenvalue weighted by Crippen LogP contribution is -2.39. The molecule has 1 saturated heterocycles. The molecule has 5 heteroatoms. The van der Waals surface area contributed by atoms with Gasteiger partial charge in [0.2, 0.25) is 5.95 Å². The van der Waals surface area contributed by atoms with Gasteiger partial charge in [0.25, 0.3) is 0 Å². The highest BCUT2D eigenvalue weighted by Crippen LogP contribution is 2.32. The quantitative estimate of drug-likeness (QED) is 0.914. The van der Waals surface area contributed by atoms with Crippen LogP contribution in [0.4, 0.5) is 11.8 Å². The van der Waals surface area contributed by atoms with Crippen LogP contribution >= 0.6 is 11.3 Å². The summed E-state index contributed by atoms with van der Waals surface area (Å²) < 4.78 is 0. The third-order valence-corrected chi connectivity index (χ3v) is 4.50. The second-order valence-corrected chi connectivity index (χ2v) is 6.51. The number of fused-ring (bicyclic) bond motifs is 1. The highest BCUT2D eigenvalue weighted by Gasteiger charge is 2.24. The molecular weight excluding hydrogens is 256 g/mol. The Kier molecular flexibility index (Phi) is 3.31. The summed E-state index contributed by atoms with van der Waals surface area (Å²) >= 11 is 1.68. The zero-order chi connectivity index (χ0) is 13.4. The molecule has 4 nitrogen and oxygen atoms in total. The van der Waals surface area contributed by atoms with Crippen molar-refractivity contribution in [3.63, 3.8) is 0 Å². The van der Waals surface area contributed by atoms with E-state index in [2.05, 4.69) is 40.5 Å². The fraction of sp³-hybridized carbons (Fsp3) is 0.571. The molecule has 0 aromatic carbocycles. The average Bonchev–Trinajstić information content (AvgIpc) is 2.84. The van der Waals surface area contributed by atoms with Gasteiger partial charge in [-0.2, -0.15) is 4.98 Å². The van der Waals surface area contributed by atoms with Crippen molar-refractivity contribution in [3.05, 3.63) is 11.4 Å². The van der Waals surface area contributed by atoms with Crippen LogP contribution in [0.5, 0.6) is 0 Å². The van der Waals surface area contributed by atoms with Crippen molar-refractivity contribution in [1.82, 2.24) is 9.97 Å². The SMILES string of the molecule is CNc1nc(N2CC(C)CC(C)C2)c2ccsc2n1. The smallest absolute Gasteiger partial charge is 0.225 e. The zero-order valence-corrected chi connectivity index (χ0v) is 12.5. The summed E-state index contributed by atoms with van der Waals surface area (Å²) in [6.07, 6.45) is 1.31. The summed E-state index contributed by atoms with van der Waals surface area (Å²) in [6, 6.07) is 2.14. The number of piperidine rings is 1. The minimum absolute atomic E-state index is 0.718. The first-order valence-corrected chi connectivity index (χ1v) is 7.73. The molecule has 2 unspecified atom stereocenters. The molecule has 2 atom stereocenters. The van der Waals surface area contributed by atoms with E-state index in [9.17, 15) is 0 Å². The van der Waals surface area contributed by atoms with Crippen molar-refractivity contribution in [2.45, 2.75) is 20.3 Å². The molecule has 0 bridgehead atoms. The van der Waals surface area contributed by atoms with Crippen LogP contribution in [0.2, 0.25) is 0 Å². The van der Waals surface area contributed by atoms with Crippen LogP contribution < -0.4 is 10.2 Å². The summed E-state index contributed by atoms with van der Waals surface area (Å²) in [7, 11) is 1.88. The average molecular weight is 276 g/mol. The third kappa shape index (κ3) is 2.39. The number of rotatable bonds is 2. The normalized spacial score (nSPS) is 23.8. The molecule has 0 saturated carbocycles. The van der Waals surface area contributed by atoms with Crippen molar-refractivity contribution in [2.24, 2.45) is 11.8 Å². The highest BCUT2D eigenvalue weighted by atomic mass is 32.1. The monoisotopic (exact) mass is 276 g/mol. The molecule has 1 aliphatic heterocycles. The summed E-state index contributed by atoms with van der Waals surface area (Å²) in [5.74, 6) is 3.26. The molecule has 2 aromatic rings. The maximum Gasteiger partial charge on any atom is 0.225 e. The van der Waals surface area contributed by atoms with Gasteiger partial charge < -0.3 is 10.2 Å². The van der Waals surface area contributed by atoms with E-state index in [-0.39, 0.29) is 0 Å². The number of nitrogens with zero attached hydrogens (tertiary/aromatic N) is 3. The Morgan fingerprint density at radius 3 is 2.68 bits per heavy atom. The molecule has 2 aromatic heterocycles. The molecular formula is C14H20N4S. The van der Waals surface area contributed by atoms with E-state index < -0.39 is 0 Å². The molecule has 0 spiro atoms. The minimum Gasteiger partial charge on any atom is -0.357 e. The summed E-state index contributed by atoms with van der Waals surface area (Å²) in [4.78, 5) is 12.7. The van der Waals surface area contributed by atoms with Crippen molar-refractivity contribution < 1.29 is 0 Å². The fourth-order valence-corrected chi connectivity index (χ4v) is 3.79. The van der Waals surface area contributed by atoms with Gasteiger partial charge in [0, 0.05) is 20.1 Å². The molecule has 0 aliphatic carbocycles. The van der Waals surface area contributed by atoms with Gasteiger partial charge in [-0.05, 0) is 29.7 Å². The van der Waals surface area contributed by atoms with Crippen LogP contribution in [0.25, 0.3) is 10.2 Å². The van der Waals surface area contributed by atoms with E-state index in [0.717, 1.165) is 41.5 Å². The lowest BCUT2D eigenvalue weighted by molar-refractivity contribution is 0.356. The summed E-state index contributed by atoms with van der Waals surface area (Å²) in [6.45, 7) is 6.84. The predicted octanol–water partition coefficient (Wildman–Crippen LogP) is 3.22. The topological polar surface area (TPSA) is 41.1 Å². The summed E-state index contributed by atoms with van der Waals surface area (Å²) in [5, 5.41) is 6.35. The van der Waals surface area contributed by atoms with Crippen molar-refractivity contribution >= 4 is 33.3 Å². The Hall–Kier alpha value is -1.36. The fourth-order valence-electron chi connectivity index (χ4n) is 3.03. The lowest BCUT2D eigenvalue weighted by Gasteiger charge is -2.36. The maximum absolute atomic E-state index is 4.69. The molecule has 1 N–H and O–H groups in total. The Balaban J connectivity index is 2.05. The number of nitrogens with one attached hydrogen (secondary N) is 1. The van der Waals surface area contributed by atoms with Crippen molar-refractivity contribution in [3.8, 4) is 0 Å². The van der Waals surface area contributed by atoms with Gasteiger partial charge in [0.15, 0.2) is 0 Å². The predicted molar refractivity (Wildman–Crippen MR) is 82.1 cm³/mol. The summed E-state index contributed by atoms with van der Waals surface area (Å²) in [5.41, 5.74) is 0. The number of hydrogen-bond donors (Lipinski definition) is 1. The van der Waals surface area contributed by atoms with Gasteiger partial charge >= 0.3 is 0 Å². The van der Waals surface area contributed by atoms with E-state index in [1.807, 2.05) is 7.05 Å². The number of hydrogen-bond acceptors (Lipinski definition) is 5. The van der Waals surface area contributed by atoms with Crippen LogP contribution in [-0.2, 0) is 0 Å². The standard InChI is InChI=1S/C14H20N4S/c1-9-6-10(2)8-18(7-9)12-11-4-5-19-13(11)17-14(15-3)16-12/h4-5,9-10H,6-8H2,1-3H3,(H,15,16,17). The Labute approximate surface area is 117 Å². The van der Waals surface area contributed by atoms with Crippen LogP contribution in [0.3, 0.4) is 0 Å². The second-order valence-electron chi connectivity index (χ2n) is 5.61. The van der Waals surface area contributed by atoms with E-state index in [0.29, 0.717) is 0 Å². The molecule has 0 amide bonds. The molecule has 1 aliphatic rings. The lowest BCUT2D eigenvalue weighted by atomic mass is 9.92. The molecule has 3 rings (SSSR count). The van der Waals surface area contributed by atoms with Crippen LogP contribution in [0.15, 0.2) is 11.4 Å². The largest absolute Gasteiger partial charge is 0.357 e. The van der Waals surface area contributed by atoms with E-state index in [1.165, 1.54) is 11.8 Å². The number of thiophene rings is 1. The van der Waals surface area contributed by atoms with Gasteiger partial charge in [-0.25, -0.2) is 4.98 Å². The van der Waals surface area contributed by atoms with Gasteiger partial charge in [0.1, 0.15) is 10.6 Å². The van der Waals surface area contributed by atoms with Crippen LogP contribution in [0, 0.1) is 11.8 Å². The maximum atomic E-state index is 4.69. The molecule has 0 radical (unpaired) electrons. The van der Waals surface area contributed by atoms with Crippen molar-refractivity contribution in [2.75, 3.05) is 30.4 Å². The Morgan fingerprint density at radius 1 is 1.26 bits per heavy atom. The molecule has 19 heavy (non-hydrogen) atoms. The Morgan fingerprint density at radius 2 is 2.00 bits per heavy atom. The number of aromatic nitrogens is 2. The van der Waals surface area contributed by atoms with Gasteiger partial charge in [-0.15, -0.1) is 11.3 Å². The van der Waals surface area contributed by atoms with E-state index in [4.69, 9.17) is 4.98 Å². The third-order valence-electron chi connectivity index (χ3n) is 3.70.